The van der Waals surface area contributed by atoms with Crippen LogP contribution >= 0.6 is 11.6 Å². The van der Waals surface area contributed by atoms with E-state index >= 15 is 0 Å². The van der Waals surface area contributed by atoms with Gasteiger partial charge in [-0.15, -0.1) is 0 Å². The van der Waals surface area contributed by atoms with Crippen LogP contribution in [0.5, 0.6) is 0 Å². The van der Waals surface area contributed by atoms with E-state index in [1.165, 1.54) is 0 Å². The molecule has 5 heteroatoms. The Labute approximate surface area is 140 Å². The summed E-state index contributed by atoms with van der Waals surface area (Å²) in [5.41, 5.74) is 2.91. The van der Waals surface area contributed by atoms with E-state index in [0.717, 1.165) is 16.6 Å². The first-order chi connectivity index (χ1) is 11.1. The van der Waals surface area contributed by atoms with Gasteiger partial charge in [-0.3, -0.25) is 4.79 Å². The maximum atomic E-state index is 12.2. The summed E-state index contributed by atoms with van der Waals surface area (Å²) in [6.07, 6.45) is 2.17. The van der Waals surface area contributed by atoms with Crippen LogP contribution in [0.25, 0.3) is 11.0 Å². The second kappa shape index (κ2) is 6.84. The predicted molar refractivity (Wildman–Crippen MR) is 92.4 cm³/mol. The lowest BCUT2D eigenvalue weighted by Crippen LogP contribution is -2.27. The average molecular weight is 328 g/mol. The molecule has 1 unspecified atom stereocenters. The van der Waals surface area contributed by atoms with Crippen LogP contribution < -0.4 is 5.32 Å². The number of rotatable bonds is 5. The van der Waals surface area contributed by atoms with Crippen molar-refractivity contribution in [2.45, 2.75) is 25.9 Å². The molecule has 0 saturated carbocycles. The predicted octanol–water partition coefficient (Wildman–Crippen LogP) is 3.96. The highest BCUT2D eigenvalue weighted by Gasteiger charge is 2.12. The number of carbonyl (C=O) groups is 1. The third kappa shape index (κ3) is 3.54. The van der Waals surface area contributed by atoms with Gasteiger partial charge in [-0.2, -0.15) is 0 Å². The van der Waals surface area contributed by atoms with Gasteiger partial charge in [0, 0.05) is 18.0 Å². The molecular weight excluding hydrogens is 310 g/mol. The highest BCUT2D eigenvalue weighted by molar-refractivity contribution is 6.31. The Kier molecular flexibility index (Phi) is 4.63. The number of imidazole rings is 1. The molecule has 0 spiro atoms. The molecule has 0 saturated heterocycles. The molecule has 1 amide bonds. The Bertz CT molecular complexity index is 828. The Balaban J connectivity index is 1.61. The molecule has 0 aliphatic heterocycles. The van der Waals surface area contributed by atoms with Crippen LogP contribution in [-0.2, 0) is 11.3 Å². The summed E-state index contributed by atoms with van der Waals surface area (Å²) < 4.78 is 2.00. The zero-order valence-electron chi connectivity index (χ0n) is 12.9. The quantitative estimate of drug-likeness (QED) is 0.771. The number of amides is 1. The highest BCUT2D eigenvalue weighted by atomic mass is 35.5. The number of fused-ring (bicyclic) bond motifs is 1. The number of benzene rings is 2. The van der Waals surface area contributed by atoms with E-state index in [1.54, 1.807) is 6.33 Å². The smallest absolute Gasteiger partial charge is 0.222 e. The van der Waals surface area contributed by atoms with Crippen LogP contribution in [0.3, 0.4) is 0 Å². The zero-order chi connectivity index (χ0) is 16.2. The number of hydrogen-bond acceptors (Lipinski definition) is 2. The molecule has 1 N–H and O–H groups in total. The molecule has 1 heterocycles. The lowest BCUT2D eigenvalue weighted by molar-refractivity contribution is -0.121. The van der Waals surface area contributed by atoms with Gasteiger partial charge in [0.15, 0.2) is 0 Å². The minimum Gasteiger partial charge on any atom is -0.349 e. The van der Waals surface area contributed by atoms with E-state index in [9.17, 15) is 4.79 Å². The molecule has 1 aromatic heterocycles. The third-order valence-corrected chi connectivity index (χ3v) is 4.20. The zero-order valence-corrected chi connectivity index (χ0v) is 13.6. The first-order valence-corrected chi connectivity index (χ1v) is 7.96. The summed E-state index contributed by atoms with van der Waals surface area (Å²) in [7, 11) is 0. The fourth-order valence-electron chi connectivity index (χ4n) is 2.63. The van der Waals surface area contributed by atoms with E-state index in [-0.39, 0.29) is 11.9 Å². The van der Waals surface area contributed by atoms with Crippen molar-refractivity contribution in [3.63, 3.8) is 0 Å². The molecule has 2 aromatic carbocycles. The number of halogens is 1. The van der Waals surface area contributed by atoms with E-state index < -0.39 is 0 Å². The van der Waals surface area contributed by atoms with Gasteiger partial charge in [-0.25, -0.2) is 4.98 Å². The van der Waals surface area contributed by atoms with Crippen LogP contribution in [0.15, 0.2) is 54.9 Å². The van der Waals surface area contributed by atoms with Crippen LogP contribution in [0.2, 0.25) is 5.02 Å². The van der Waals surface area contributed by atoms with Crippen molar-refractivity contribution in [3.05, 3.63) is 65.4 Å². The molecule has 3 rings (SSSR count). The number of aryl methyl sites for hydroxylation is 1. The summed E-state index contributed by atoms with van der Waals surface area (Å²) in [6, 6.07) is 15.3. The molecule has 0 aliphatic carbocycles. The van der Waals surface area contributed by atoms with Gasteiger partial charge in [0.1, 0.15) is 0 Å². The van der Waals surface area contributed by atoms with Crippen LogP contribution in [0, 0.1) is 0 Å². The maximum absolute atomic E-state index is 12.2. The topological polar surface area (TPSA) is 46.9 Å². The summed E-state index contributed by atoms with van der Waals surface area (Å²) in [4.78, 5) is 16.5. The Morgan fingerprint density at radius 3 is 2.78 bits per heavy atom. The lowest BCUT2D eigenvalue weighted by atomic mass is 10.1. The highest BCUT2D eigenvalue weighted by Crippen LogP contribution is 2.22. The monoisotopic (exact) mass is 327 g/mol. The molecule has 118 valence electrons. The van der Waals surface area contributed by atoms with Crippen molar-refractivity contribution in [3.8, 4) is 0 Å². The van der Waals surface area contributed by atoms with Crippen LogP contribution in [0.1, 0.15) is 24.9 Å². The van der Waals surface area contributed by atoms with Gasteiger partial charge in [0.25, 0.3) is 0 Å². The summed E-state index contributed by atoms with van der Waals surface area (Å²) in [6.45, 7) is 2.54. The lowest BCUT2D eigenvalue weighted by Gasteiger charge is -2.15. The largest absolute Gasteiger partial charge is 0.349 e. The maximum Gasteiger partial charge on any atom is 0.222 e. The molecular formula is C18H18ClN3O. The van der Waals surface area contributed by atoms with E-state index in [0.29, 0.717) is 18.0 Å². The first-order valence-electron chi connectivity index (χ1n) is 7.59. The second-order valence-electron chi connectivity index (χ2n) is 5.49. The van der Waals surface area contributed by atoms with E-state index in [4.69, 9.17) is 11.6 Å². The van der Waals surface area contributed by atoms with Gasteiger partial charge in [0.05, 0.1) is 23.4 Å². The van der Waals surface area contributed by atoms with Crippen molar-refractivity contribution in [1.29, 1.82) is 0 Å². The van der Waals surface area contributed by atoms with Crippen molar-refractivity contribution in [2.75, 3.05) is 0 Å². The van der Waals surface area contributed by atoms with Crippen molar-refractivity contribution in [1.82, 2.24) is 14.9 Å². The molecule has 0 aliphatic rings. The summed E-state index contributed by atoms with van der Waals surface area (Å²) in [5.74, 6) is -0.00444. The standard InChI is InChI=1S/C18H18ClN3O/c1-13(14-6-2-3-7-15(14)19)21-18(23)10-11-22-12-20-16-8-4-5-9-17(16)22/h2-9,12-13H,10-11H2,1H3,(H,21,23). The summed E-state index contributed by atoms with van der Waals surface area (Å²) >= 11 is 6.16. The SMILES string of the molecule is CC(NC(=O)CCn1cnc2ccccc21)c1ccccc1Cl. The van der Waals surface area contributed by atoms with Gasteiger partial charge in [0.2, 0.25) is 5.91 Å². The summed E-state index contributed by atoms with van der Waals surface area (Å²) in [5, 5.41) is 3.66. The number of para-hydroxylation sites is 2. The fraction of sp³-hybridized carbons (Fsp3) is 0.222. The molecule has 0 bridgehead atoms. The minimum atomic E-state index is -0.115. The van der Waals surface area contributed by atoms with Crippen LogP contribution in [0.4, 0.5) is 0 Å². The Hall–Kier alpha value is -2.33. The van der Waals surface area contributed by atoms with E-state index in [1.807, 2.05) is 60.0 Å². The number of nitrogens with one attached hydrogen (secondary N) is 1. The van der Waals surface area contributed by atoms with Crippen LogP contribution in [-0.4, -0.2) is 15.5 Å². The Morgan fingerprint density at radius 1 is 1.22 bits per heavy atom. The number of nitrogens with zero attached hydrogens (tertiary/aromatic N) is 2. The number of carbonyl (C=O) groups excluding carboxylic acids is 1. The van der Waals surface area contributed by atoms with Gasteiger partial charge in [-0.1, -0.05) is 41.9 Å². The van der Waals surface area contributed by atoms with Gasteiger partial charge < -0.3 is 9.88 Å². The van der Waals surface area contributed by atoms with Crippen molar-refractivity contribution >= 4 is 28.5 Å². The third-order valence-electron chi connectivity index (χ3n) is 3.86. The molecule has 3 aromatic rings. The van der Waals surface area contributed by atoms with Gasteiger partial charge >= 0.3 is 0 Å². The van der Waals surface area contributed by atoms with E-state index in [2.05, 4.69) is 10.3 Å². The molecule has 1 atom stereocenters. The fourth-order valence-corrected chi connectivity index (χ4v) is 2.93. The molecule has 23 heavy (non-hydrogen) atoms. The minimum absolute atomic E-state index is 0.00444. The van der Waals surface area contributed by atoms with Crippen molar-refractivity contribution < 1.29 is 4.79 Å². The number of aromatic nitrogens is 2. The van der Waals surface area contributed by atoms with Gasteiger partial charge in [-0.05, 0) is 30.7 Å². The van der Waals surface area contributed by atoms with Crippen molar-refractivity contribution in [2.24, 2.45) is 0 Å². The molecule has 0 fully saturated rings. The first kappa shape index (κ1) is 15.6. The Morgan fingerprint density at radius 2 is 1.96 bits per heavy atom. The molecule has 4 nitrogen and oxygen atoms in total. The number of hydrogen-bond donors (Lipinski definition) is 1. The normalized spacial score (nSPS) is 12.3. The second-order valence-corrected chi connectivity index (χ2v) is 5.89. The molecule has 0 radical (unpaired) electrons. The average Bonchev–Trinajstić information content (AvgIpc) is 2.96.